The molecule has 0 saturated heterocycles. The first-order valence-corrected chi connectivity index (χ1v) is 7.92. The molecule has 1 rings (SSSR count). The minimum absolute atomic E-state index is 0.557. The molecule has 1 N–H and O–H groups in total. The first-order valence-electron chi connectivity index (χ1n) is 7.92. The highest BCUT2D eigenvalue weighted by Gasteiger charge is 2.12. The third-order valence-electron chi connectivity index (χ3n) is 3.29. The number of nitrogens with zero attached hydrogens (tertiary/aromatic N) is 2. The van der Waals surface area contributed by atoms with E-state index in [1.807, 2.05) is 0 Å². The predicted molar refractivity (Wildman–Crippen MR) is 86.6 cm³/mol. The van der Waals surface area contributed by atoms with Gasteiger partial charge < -0.3 is 5.32 Å². The molecule has 0 bridgehead atoms. The highest BCUT2D eigenvalue weighted by atomic mass is 15.2. The van der Waals surface area contributed by atoms with E-state index >= 15 is 0 Å². The van der Waals surface area contributed by atoms with Gasteiger partial charge in [-0.25, -0.2) is 0 Å². The predicted octanol–water partition coefficient (Wildman–Crippen LogP) is 3.45. The molecule has 114 valence electrons. The summed E-state index contributed by atoms with van der Waals surface area (Å²) in [5, 5.41) is 3.41. The van der Waals surface area contributed by atoms with Gasteiger partial charge in [-0.2, -0.15) is 0 Å². The second-order valence-corrected chi connectivity index (χ2v) is 6.21. The number of nitrogens with one attached hydrogen (secondary N) is 1. The Morgan fingerprint density at radius 1 is 1.15 bits per heavy atom. The van der Waals surface area contributed by atoms with Gasteiger partial charge in [-0.15, -0.1) is 0 Å². The Labute approximate surface area is 124 Å². The van der Waals surface area contributed by atoms with E-state index in [-0.39, 0.29) is 0 Å². The summed E-state index contributed by atoms with van der Waals surface area (Å²) >= 11 is 0. The van der Waals surface area contributed by atoms with E-state index in [1.165, 1.54) is 5.69 Å². The summed E-state index contributed by atoms with van der Waals surface area (Å²) in [6, 6.07) is 6.92. The van der Waals surface area contributed by atoms with Crippen LogP contribution in [0.1, 0.15) is 52.4 Å². The molecular weight excluding hydrogens is 246 g/mol. The molecule has 3 heteroatoms. The molecule has 0 aliphatic heterocycles. The van der Waals surface area contributed by atoms with Gasteiger partial charge >= 0.3 is 0 Å². The summed E-state index contributed by atoms with van der Waals surface area (Å²) in [7, 11) is 0. The van der Waals surface area contributed by atoms with Gasteiger partial charge in [0.05, 0.1) is 11.4 Å². The minimum atomic E-state index is 0.557. The monoisotopic (exact) mass is 277 g/mol. The van der Waals surface area contributed by atoms with Crippen LogP contribution in [0.4, 0.5) is 0 Å². The summed E-state index contributed by atoms with van der Waals surface area (Å²) in [6.07, 6.45) is 1.16. The molecule has 0 aliphatic rings. The van der Waals surface area contributed by atoms with Crippen LogP contribution in [0.25, 0.3) is 0 Å². The number of rotatable bonds is 9. The van der Waals surface area contributed by atoms with Crippen LogP contribution >= 0.6 is 0 Å². The van der Waals surface area contributed by atoms with Crippen molar-refractivity contribution in [2.24, 2.45) is 5.92 Å². The molecule has 1 aromatic rings. The lowest BCUT2D eigenvalue weighted by molar-refractivity contribution is 0.187. The Balaban J connectivity index is 2.63. The van der Waals surface area contributed by atoms with E-state index in [2.05, 4.69) is 63.0 Å². The zero-order chi connectivity index (χ0) is 15.0. The van der Waals surface area contributed by atoms with Crippen molar-refractivity contribution in [2.75, 3.05) is 13.1 Å². The fourth-order valence-electron chi connectivity index (χ4n) is 2.24. The van der Waals surface area contributed by atoms with Crippen molar-refractivity contribution in [3.8, 4) is 0 Å². The zero-order valence-electron chi connectivity index (χ0n) is 13.8. The van der Waals surface area contributed by atoms with E-state index in [1.54, 1.807) is 0 Å². The maximum absolute atomic E-state index is 4.77. The van der Waals surface area contributed by atoms with Crippen LogP contribution in [0.5, 0.6) is 0 Å². The summed E-state index contributed by atoms with van der Waals surface area (Å²) in [4.78, 5) is 7.27. The molecule has 0 radical (unpaired) electrons. The summed E-state index contributed by atoms with van der Waals surface area (Å²) in [5.74, 6) is 0.687. The van der Waals surface area contributed by atoms with Crippen LogP contribution in [0, 0.1) is 5.92 Å². The number of aromatic nitrogens is 1. The molecule has 0 spiro atoms. The standard InChI is InChI=1S/C17H31N3/c1-6-10-18-11-16-8-7-9-17(19-16)13-20(15(4)5)12-14(2)3/h7-9,14-15,18H,6,10-13H2,1-5H3. The van der Waals surface area contributed by atoms with E-state index in [4.69, 9.17) is 4.98 Å². The van der Waals surface area contributed by atoms with Gasteiger partial charge in [0.1, 0.15) is 0 Å². The molecule has 20 heavy (non-hydrogen) atoms. The van der Waals surface area contributed by atoms with Crippen LogP contribution in [-0.4, -0.2) is 29.0 Å². The van der Waals surface area contributed by atoms with Gasteiger partial charge in [0.25, 0.3) is 0 Å². The Morgan fingerprint density at radius 3 is 2.45 bits per heavy atom. The third kappa shape index (κ3) is 6.49. The smallest absolute Gasteiger partial charge is 0.0547 e. The molecule has 1 aromatic heterocycles. The van der Waals surface area contributed by atoms with Gasteiger partial charge in [0.2, 0.25) is 0 Å². The van der Waals surface area contributed by atoms with Crippen molar-refractivity contribution < 1.29 is 0 Å². The number of hydrogen-bond acceptors (Lipinski definition) is 3. The first-order chi connectivity index (χ1) is 9.52. The quantitative estimate of drug-likeness (QED) is 0.701. The van der Waals surface area contributed by atoms with Crippen molar-refractivity contribution in [1.29, 1.82) is 0 Å². The lowest BCUT2D eigenvalue weighted by atomic mass is 10.1. The van der Waals surface area contributed by atoms with E-state index in [0.29, 0.717) is 12.0 Å². The Kier molecular flexibility index (Phi) is 7.78. The van der Waals surface area contributed by atoms with Crippen LogP contribution in [0.2, 0.25) is 0 Å². The fraction of sp³-hybridized carbons (Fsp3) is 0.706. The Morgan fingerprint density at radius 2 is 1.85 bits per heavy atom. The lowest BCUT2D eigenvalue weighted by Gasteiger charge is -2.28. The molecule has 0 fully saturated rings. The third-order valence-corrected chi connectivity index (χ3v) is 3.29. The van der Waals surface area contributed by atoms with Crippen molar-refractivity contribution >= 4 is 0 Å². The molecular formula is C17H31N3. The average Bonchev–Trinajstić information content (AvgIpc) is 2.38. The molecule has 3 nitrogen and oxygen atoms in total. The largest absolute Gasteiger partial charge is 0.311 e. The van der Waals surface area contributed by atoms with Gasteiger partial charge in [-0.05, 0) is 44.9 Å². The normalized spacial score (nSPS) is 11.8. The van der Waals surface area contributed by atoms with Gasteiger partial charge in [-0.3, -0.25) is 9.88 Å². The molecule has 0 saturated carbocycles. The first kappa shape index (κ1) is 17.1. The average molecular weight is 277 g/mol. The maximum atomic E-state index is 4.77. The van der Waals surface area contributed by atoms with Gasteiger partial charge in [0, 0.05) is 25.7 Å². The highest BCUT2D eigenvalue weighted by molar-refractivity contribution is 5.11. The summed E-state index contributed by atoms with van der Waals surface area (Å²) in [5.41, 5.74) is 2.32. The van der Waals surface area contributed by atoms with Crippen molar-refractivity contribution in [3.05, 3.63) is 29.6 Å². The van der Waals surface area contributed by atoms with E-state index in [0.717, 1.165) is 38.3 Å². The number of pyridine rings is 1. The summed E-state index contributed by atoms with van der Waals surface area (Å²) in [6.45, 7) is 15.2. The van der Waals surface area contributed by atoms with Gasteiger partial charge in [0.15, 0.2) is 0 Å². The lowest BCUT2D eigenvalue weighted by Crippen LogP contribution is -2.34. The van der Waals surface area contributed by atoms with Crippen molar-refractivity contribution in [1.82, 2.24) is 15.2 Å². The molecule has 1 heterocycles. The molecule has 0 atom stereocenters. The summed E-state index contributed by atoms with van der Waals surface area (Å²) < 4.78 is 0. The topological polar surface area (TPSA) is 28.2 Å². The molecule has 0 aliphatic carbocycles. The van der Waals surface area contributed by atoms with Crippen LogP contribution < -0.4 is 5.32 Å². The van der Waals surface area contributed by atoms with Crippen LogP contribution in [-0.2, 0) is 13.1 Å². The van der Waals surface area contributed by atoms with Crippen molar-refractivity contribution in [3.63, 3.8) is 0 Å². The Hall–Kier alpha value is -0.930. The van der Waals surface area contributed by atoms with Crippen molar-refractivity contribution in [2.45, 2.75) is 60.2 Å². The van der Waals surface area contributed by atoms with E-state index in [9.17, 15) is 0 Å². The molecule has 0 amide bonds. The second-order valence-electron chi connectivity index (χ2n) is 6.21. The zero-order valence-corrected chi connectivity index (χ0v) is 13.8. The molecule has 0 aromatic carbocycles. The minimum Gasteiger partial charge on any atom is -0.311 e. The maximum Gasteiger partial charge on any atom is 0.0547 e. The van der Waals surface area contributed by atoms with Crippen LogP contribution in [0.3, 0.4) is 0 Å². The fourth-order valence-corrected chi connectivity index (χ4v) is 2.24. The Bertz CT molecular complexity index is 374. The highest BCUT2D eigenvalue weighted by Crippen LogP contribution is 2.10. The van der Waals surface area contributed by atoms with Crippen LogP contribution in [0.15, 0.2) is 18.2 Å². The van der Waals surface area contributed by atoms with Gasteiger partial charge in [-0.1, -0.05) is 26.8 Å². The number of hydrogen-bond donors (Lipinski definition) is 1. The molecule has 0 unspecified atom stereocenters. The second kappa shape index (κ2) is 9.09. The SMILES string of the molecule is CCCNCc1cccc(CN(CC(C)C)C(C)C)n1. The van der Waals surface area contributed by atoms with E-state index < -0.39 is 0 Å².